The van der Waals surface area contributed by atoms with Gasteiger partial charge in [-0.25, -0.2) is 0 Å². The van der Waals surface area contributed by atoms with Crippen LogP contribution in [0.2, 0.25) is 0 Å². The zero-order valence-electron chi connectivity index (χ0n) is 27.1. The summed E-state index contributed by atoms with van der Waals surface area (Å²) in [5, 5.41) is 12.2. The van der Waals surface area contributed by atoms with Gasteiger partial charge in [0.2, 0.25) is 5.91 Å². The predicted molar refractivity (Wildman–Crippen MR) is 185 cm³/mol. The van der Waals surface area contributed by atoms with Crippen LogP contribution in [0.5, 0.6) is 0 Å². The first-order valence-corrected chi connectivity index (χ1v) is 16.9. The molecule has 246 valence electrons. The van der Waals surface area contributed by atoms with Gasteiger partial charge in [-0.3, -0.25) is 29.4 Å². The summed E-state index contributed by atoms with van der Waals surface area (Å²) in [5.41, 5.74) is 11.7. The summed E-state index contributed by atoms with van der Waals surface area (Å²) in [6.45, 7) is 4.58. The molecule has 2 aliphatic rings. The van der Waals surface area contributed by atoms with Gasteiger partial charge in [0.25, 0.3) is 5.56 Å². The van der Waals surface area contributed by atoms with Gasteiger partial charge in [0.1, 0.15) is 5.78 Å². The van der Waals surface area contributed by atoms with Crippen LogP contribution in [-0.2, 0) is 16.0 Å². The van der Waals surface area contributed by atoms with Crippen molar-refractivity contribution in [2.45, 2.75) is 58.3 Å². The Bertz CT molecular complexity index is 1790. The topological polar surface area (TPSA) is 150 Å². The van der Waals surface area contributed by atoms with Crippen LogP contribution in [0.15, 0.2) is 65.5 Å². The highest BCUT2D eigenvalue weighted by molar-refractivity contribution is 5.98. The summed E-state index contributed by atoms with van der Waals surface area (Å²) in [7, 11) is 0. The van der Waals surface area contributed by atoms with Crippen molar-refractivity contribution in [1.82, 2.24) is 15.5 Å². The maximum Gasteiger partial charge on any atom is 0.271 e. The standard InChI is InChI=1S/C38H45N5O4/c1-23-16-29(35(44)18-26-14-15-40-22-26)10-12-32(23)27-6-2-24(3-7-27)17-30(19-36(45)28-8-4-25(21-39)5-9-28)37(46)41-31-11-13-33-34(20-31)42-43-38(33)47/h2-3,6-7,10-13,16,20,25-26,28,30,40H,4-5,8-9,14-15,17-19,21-22,39H2,1H3,(H,41,46)(H2,42,43,47)/t25?,26-,28?,30-/m1/s1. The lowest BCUT2D eigenvalue weighted by molar-refractivity contribution is -0.129. The predicted octanol–water partition coefficient (Wildman–Crippen LogP) is 5.54. The van der Waals surface area contributed by atoms with Crippen LogP contribution in [0.4, 0.5) is 5.69 Å². The van der Waals surface area contributed by atoms with Crippen molar-refractivity contribution < 1.29 is 14.4 Å². The number of rotatable bonds is 12. The Hall–Kier alpha value is -4.34. The van der Waals surface area contributed by atoms with Crippen LogP contribution >= 0.6 is 0 Å². The van der Waals surface area contributed by atoms with Gasteiger partial charge in [0.15, 0.2) is 5.78 Å². The molecular formula is C38H45N5O4. The molecule has 9 nitrogen and oxygen atoms in total. The Morgan fingerprint density at radius 1 is 0.915 bits per heavy atom. The van der Waals surface area contributed by atoms with E-state index in [2.05, 4.69) is 20.8 Å². The highest BCUT2D eigenvalue weighted by Crippen LogP contribution is 2.32. The number of ketones is 2. The van der Waals surface area contributed by atoms with E-state index in [-0.39, 0.29) is 35.4 Å². The zero-order valence-corrected chi connectivity index (χ0v) is 27.1. The number of Topliss-reactive ketones (excluding diaryl/α,β-unsaturated/α-hetero) is 2. The Kier molecular flexibility index (Phi) is 10.1. The summed E-state index contributed by atoms with van der Waals surface area (Å²) in [5.74, 6) is 0.401. The molecule has 1 saturated heterocycles. The van der Waals surface area contributed by atoms with Gasteiger partial charge in [-0.2, -0.15) is 0 Å². The van der Waals surface area contributed by atoms with Gasteiger partial charge in [-0.05, 0) is 123 Å². The van der Waals surface area contributed by atoms with Crippen LogP contribution in [0.25, 0.3) is 22.0 Å². The number of nitrogens with one attached hydrogen (secondary N) is 4. The Morgan fingerprint density at radius 2 is 1.70 bits per heavy atom. The van der Waals surface area contributed by atoms with Crippen LogP contribution in [-0.4, -0.2) is 47.3 Å². The van der Waals surface area contributed by atoms with Crippen molar-refractivity contribution in [1.29, 1.82) is 0 Å². The average Bonchev–Trinajstić information content (AvgIpc) is 3.74. The van der Waals surface area contributed by atoms with E-state index in [1.165, 1.54) is 0 Å². The van der Waals surface area contributed by atoms with Crippen molar-refractivity contribution in [3.63, 3.8) is 0 Å². The van der Waals surface area contributed by atoms with E-state index in [9.17, 15) is 19.2 Å². The highest BCUT2D eigenvalue weighted by Gasteiger charge is 2.30. The number of hydrogen-bond acceptors (Lipinski definition) is 6. The van der Waals surface area contributed by atoms with Crippen molar-refractivity contribution in [3.8, 4) is 11.1 Å². The van der Waals surface area contributed by atoms with E-state index < -0.39 is 5.92 Å². The van der Waals surface area contributed by atoms with Gasteiger partial charge in [-0.1, -0.05) is 36.4 Å². The van der Waals surface area contributed by atoms with Crippen LogP contribution < -0.4 is 21.9 Å². The molecule has 1 aliphatic carbocycles. The van der Waals surface area contributed by atoms with E-state index in [4.69, 9.17) is 5.73 Å². The van der Waals surface area contributed by atoms with Gasteiger partial charge in [0.05, 0.1) is 10.9 Å². The minimum absolute atomic E-state index is 0.0376. The second-order valence-electron chi connectivity index (χ2n) is 13.6. The number of fused-ring (bicyclic) bond motifs is 1. The van der Waals surface area contributed by atoms with E-state index in [1.54, 1.807) is 18.2 Å². The fourth-order valence-electron chi connectivity index (χ4n) is 7.28. The smallest absolute Gasteiger partial charge is 0.271 e. The molecule has 0 bridgehead atoms. The molecule has 6 rings (SSSR count). The number of anilines is 1. The second-order valence-corrected chi connectivity index (χ2v) is 13.6. The Labute approximate surface area is 275 Å². The third-order valence-electron chi connectivity index (χ3n) is 10.2. The van der Waals surface area contributed by atoms with Crippen LogP contribution in [0.3, 0.4) is 0 Å². The van der Waals surface area contributed by atoms with Crippen molar-refractivity contribution >= 4 is 34.1 Å². The fourth-order valence-corrected chi connectivity index (χ4v) is 7.28. The molecule has 2 heterocycles. The summed E-state index contributed by atoms with van der Waals surface area (Å²) in [6.07, 6.45) is 5.76. The van der Waals surface area contributed by atoms with Crippen molar-refractivity contribution in [3.05, 3.63) is 87.7 Å². The molecule has 1 amide bonds. The fraction of sp³-hybridized carbons (Fsp3) is 0.421. The minimum atomic E-state index is -0.552. The van der Waals surface area contributed by atoms with E-state index in [0.717, 1.165) is 73.0 Å². The summed E-state index contributed by atoms with van der Waals surface area (Å²) in [6, 6.07) is 19.2. The second kappa shape index (κ2) is 14.6. The molecule has 47 heavy (non-hydrogen) atoms. The SMILES string of the molecule is Cc1cc(C(=O)C[C@H]2CCNC2)ccc1-c1ccc(C[C@H](CC(=O)C2CCC(CN)CC2)C(=O)Nc2ccc3c(=O)[nH][nH]c3c2)cc1. The summed E-state index contributed by atoms with van der Waals surface area (Å²) in [4.78, 5) is 52.0. The van der Waals surface area contributed by atoms with Crippen molar-refractivity contribution in [2.75, 3.05) is 25.0 Å². The van der Waals surface area contributed by atoms with Crippen LogP contribution in [0.1, 0.15) is 66.4 Å². The van der Waals surface area contributed by atoms with E-state index >= 15 is 0 Å². The molecule has 1 aliphatic heterocycles. The van der Waals surface area contributed by atoms with Gasteiger partial charge in [0, 0.05) is 35.9 Å². The number of H-pyrrole nitrogens is 2. The number of nitrogens with two attached hydrogens (primary N) is 1. The average molecular weight is 636 g/mol. The molecule has 0 spiro atoms. The first-order chi connectivity index (χ1) is 22.8. The molecule has 1 aromatic heterocycles. The largest absolute Gasteiger partial charge is 0.330 e. The summed E-state index contributed by atoms with van der Waals surface area (Å²) < 4.78 is 0. The molecule has 2 atom stereocenters. The number of benzene rings is 3. The molecule has 1 saturated carbocycles. The lowest BCUT2D eigenvalue weighted by Gasteiger charge is -2.27. The number of aromatic nitrogens is 2. The maximum atomic E-state index is 13.7. The first kappa shape index (κ1) is 32.6. The number of carbonyl (C=O) groups is 3. The Morgan fingerprint density at radius 3 is 2.40 bits per heavy atom. The third kappa shape index (κ3) is 7.80. The zero-order chi connectivity index (χ0) is 32.9. The summed E-state index contributed by atoms with van der Waals surface area (Å²) >= 11 is 0. The van der Waals surface area contributed by atoms with E-state index in [1.807, 2.05) is 49.4 Å². The minimum Gasteiger partial charge on any atom is -0.330 e. The lowest BCUT2D eigenvalue weighted by Crippen LogP contribution is -2.31. The molecule has 9 heteroatoms. The Balaban J connectivity index is 1.16. The van der Waals surface area contributed by atoms with Crippen molar-refractivity contribution in [2.24, 2.45) is 29.4 Å². The highest BCUT2D eigenvalue weighted by atomic mass is 16.2. The number of aromatic amines is 2. The maximum absolute atomic E-state index is 13.7. The quantitative estimate of drug-likeness (QED) is 0.129. The third-order valence-corrected chi connectivity index (χ3v) is 10.2. The van der Waals surface area contributed by atoms with Gasteiger partial charge in [-0.15, -0.1) is 0 Å². The van der Waals surface area contributed by atoms with Gasteiger partial charge >= 0.3 is 0 Å². The number of carbonyl (C=O) groups excluding carboxylic acids is 3. The number of aryl methyl sites for hydroxylation is 1. The van der Waals surface area contributed by atoms with E-state index in [0.29, 0.717) is 47.8 Å². The molecular weight excluding hydrogens is 590 g/mol. The van der Waals surface area contributed by atoms with Crippen LogP contribution in [0, 0.1) is 30.6 Å². The molecule has 6 N–H and O–H groups in total. The number of amides is 1. The molecule has 4 aromatic rings. The normalized spacial score (nSPS) is 20.3. The lowest BCUT2D eigenvalue weighted by atomic mass is 9.77. The first-order valence-electron chi connectivity index (χ1n) is 16.9. The molecule has 3 aromatic carbocycles. The molecule has 0 radical (unpaired) electrons. The molecule has 2 fully saturated rings. The number of hydrogen-bond donors (Lipinski definition) is 5. The van der Waals surface area contributed by atoms with Gasteiger partial charge < -0.3 is 16.4 Å². The molecule has 0 unspecified atom stereocenters. The monoisotopic (exact) mass is 635 g/mol.